The predicted octanol–water partition coefficient (Wildman–Crippen LogP) is 3.69. The lowest BCUT2D eigenvalue weighted by Crippen LogP contribution is -2.43. The Kier molecular flexibility index (Phi) is 6.84. The molecule has 1 aliphatic rings. The number of nitrogens with one attached hydrogen (secondary N) is 1. The van der Waals surface area contributed by atoms with Crippen molar-refractivity contribution in [2.24, 2.45) is 5.92 Å². The van der Waals surface area contributed by atoms with Gasteiger partial charge in [0.1, 0.15) is 0 Å². The summed E-state index contributed by atoms with van der Waals surface area (Å²) in [6, 6.07) is 19.6. The molecule has 0 radical (unpaired) electrons. The van der Waals surface area contributed by atoms with Gasteiger partial charge in [-0.05, 0) is 42.7 Å². The third-order valence-corrected chi connectivity index (χ3v) is 5.75. The molecule has 0 unspecified atom stereocenters. The SMILES string of the molecule is COc1ccc(CNC(=O)[C@H]2CCCN(c3ccc(-c4ccccc4)nn3)C2)cc1OC. The van der Waals surface area contributed by atoms with Crippen molar-refractivity contribution in [2.75, 3.05) is 32.2 Å². The van der Waals surface area contributed by atoms with E-state index in [4.69, 9.17) is 9.47 Å². The molecule has 7 nitrogen and oxygen atoms in total. The second-order valence-electron chi connectivity index (χ2n) is 7.84. The third kappa shape index (κ3) is 4.99. The van der Waals surface area contributed by atoms with Gasteiger partial charge in [-0.25, -0.2) is 0 Å². The zero-order valence-electron chi connectivity index (χ0n) is 18.5. The second-order valence-corrected chi connectivity index (χ2v) is 7.84. The summed E-state index contributed by atoms with van der Waals surface area (Å²) in [4.78, 5) is 15.0. The lowest BCUT2D eigenvalue weighted by molar-refractivity contribution is -0.125. The fourth-order valence-electron chi connectivity index (χ4n) is 3.98. The maximum atomic E-state index is 12.8. The van der Waals surface area contributed by atoms with Gasteiger partial charge in [-0.15, -0.1) is 10.2 Å². The molecule has 4 rings (SSSR count). The predicted molar refractivity (Wildman–Crippen MR) is 124 cm³/mol. The zero-order chi connectivity index (χ0) is 22.3. The van der Waals surface area contributed by atoms with E-state index in [-0.39, 0.29) is 11.8 Å². The van der Waals surface area contributed by atoms with E-state index in [2.05, 4.69) is 20.4 Å². The lowest BCUT2D eigenvalue weighted by atomic mass is 9.97. The number of nitrogens with zero attached hydrogens (tertiary/aromatic N) is 3. The molecule has 0 aliphatic carbocycles. The van der Waals surface area contributed by atoms with E-state index in [1.54, 1.807) is 14.2 Å². The van der Waals surface area contributed by atoms with E-state index in [1.165, 1.54) is 0 Å². The van der Waals surface area contributed by atoms with Gasteiger partial charge in [0.05, 0.1) is 25.8 Å². The molecule has 32 heavy (non-hydrogen) atoms. The average molecular weight is 433 g/mol. The van der Waals surface area contributed by atoms with Crippen LogP contribution < -0.4 is 19.7 Å². The van der Waals surface area contributed by atoms with Crippen molar-refractivity contribution in [1.29, 1.82) is 0 Å². The first-order chi connectivity index (χ1) is 15.7. The minimum Gasteiger partial charge on any atom is -0.493 e. The van der Waals surface area contributed by atoms with E-state index >= 15 is 0 Å². The molecule has 0 spiro atoms. The normalized spacial score (nSPS) is 15.8. The molecule has 2 aromatic carbocycles. The minimum absolute atomic E-state index is 0.0540. The largest absolute Gasteiger partial charge is 0.493 e. The summed E-state index contributed by atoms with van der Waals surface area (Å²) in [5.41, 5.74) is 2.85. The molecule has 1 aliphatic heterocycles. The molecule has 0 bridgehead atoms. The third-order valence-electron chi connectivity index (χ3n) is 5.75. The Bertz CT molecular complexity index is 1040. The van der Waals surface area contributed by atoms with Crippen LogP contribution in [0.2, 0.25) is 0 Å². The maximum absolute atomic E-state index is 12.8. The van der Waals surface area contributed by atoms with Crippen molar-refractivity contribution < 1.29 is 14.3 Å². The van der Waals surface area contributed by atoms with Gasteiger partial charge in [-0.2, -0.15) is 0 Å². The molecule has 7 heteroatoms. The van der Waals surface area contributed by atoms with E-state index in [9.17, 15) is 4.79 Å². The summed E-state index contributed by atoms with van der Waals surface area (Å²) in [5.74, 6) is 2.10. The van der Waals surface area contributed by atoms with Crippen LogP contribution in [0.4, 0.5) is 5.82 Å². The molecule has 2 heterocycles. The summed E-state index contributed by atoms with van der Waals surface area (Å²) in [6.07, 6.45) is 1.81. The van der Waals surface area contributed by atoms with Gasteiger partial charge in [0.15, 0.2) is 17.3 Å². The number of carbonyl (C=O) groups excluding carboxylic acids is 1. The van der Waals surface area contributed by atoms with Crippen LogP contribution in [0.25, 0.3) is 11.3 Å². The standard InChI is InChI=1S/C25H28N4O3/c1-31-22-12-10-18(15-23(22)32-2)16-26-25(30)20-9-6-14-29(17-20)24-13-11-21(27-28-24)19-7-4-3-5-8-19/h3-5,7-8,10-13,15,20H,6,9,14,16-17H2,1-2H3,(H,26,30)/t20-/m0/s1. The average Bonchev–Trinajstić information content (AvgIpc) is 2.87. The first-order valence-corrected chi connectivity index (χ1v) is 10.8. The molecule has 1 aromatic heterocycles. The number of piperidine rings is 1. The maximum Gasteiger partial charge on any atom is 0.225 e. The lowest BCUT2D eigenvalue weighted by Gasteiger charge is -2.32. The highest BCUT2D eigenvalue weighted by Crippen LogP contribution is 2.28. The van der Waals surface area contributed by atoms with Crippen LogP contribution in [0.15, 0.2) is 60.7 Å². The fraction of sp³-hybridized carbons (Fsp3) is 0.320. The zero-order valence-corrected chi connectivity index (χ0v) is 18.5. The highest BCUT2D eigenvalue weighted by molar-refractivity contribution is 5.79. The first-order valence-electron chi connectivity index (χ1n) is 10.8. The molecule has 3 aromatic rings. The number of ether oxygens (including phenoxy) is 2. The number of carbonyl (C=O) groups is 1. The molecule has 1 N–H and O–H groups in total. The van der Waals surface area contributed by atoms with E-state index in [0.717, 1.165) is 42.0 Å². The first kappa shape index (κ1) is 21.6. The van der Waals surface area contributed by atoms with Crippen molar-refractivity contribution in [3.63, 3.8) is 0 Å². The Hall–Kier alpha value is -3.61. The quantitative estimate of drug-likeness (QED) is 0.614. The molecule has 1 saturated heterocycles. The number of benzene rings is 2. The van der Waals surface area contributed by atoms with Crippen LogP contribution >= 0.6 is 0 Å². The number of rotatable bonds is 7. The highest BCUT2D eigenvalue weighted by Gasteiger charge is 2.26. The molecule has 0 saturated carbocycles. The topological polar surface area (TPSA) is 76.6 Å². The van der Waals surface area contributed by atoms with Gasteiger partial charge in [0.25, 0.3) is 0 Å². The number of hydrogen-bond acceptors (Lipinski definition) is 6. The number of anilines is 1. The van der Waals surface area contributed by atoms with Crippen LogP contribution in [0.1, 0.15) is 18.4 Å². The molecule has 1 amide bonds. The van der Waals surface area contributed by atoms with Gasteiger partial charge in [-0.1, -0.05) is 36.4 Å². The summed E-state index contributed by atoms with van der Waals surface area (Å²) < 4.78 is 10.6. The molecular formula is C25H28N4O3. The molecular weight excluding hydrogens is 404 g/mol. The van der Waals surface area contributed by atoms with Gasteiger partial charge in [0.2, 0.25) is 5.91 Å². The number of methoxy groups -OCH3 is 2. The van der Waals surface area contributed by atoms with Gasteiger partial charge in [0, 0.05) is 25.2 Å². The monoisotopic (exact) mass is 432 g/mol. The number of hydrogen-bond donors (Lipinski definition) is 1. The Morgan fingerprint density at radius 1 is 1.03 bits per heavy atom. The van der Waals surface area contributed by atoms with Crippen molar-refractivity contribution in [2.45, 2.75) is 19.4 Å². The highest BCUT2D eigenvalue weighted by atomic mass is 16.5. The van der Waals surface area contributed by atoms with E-state index in [1.807, 2.05) is 60.7 Å². The fourth-order valence-corrected chi connectivity index (χ4v) is 3.98. The Labute approximate surface area is 188 Å². The number of aromatic nitrogens is 2. The summed E-state index contributed by atoms with van der Waals surface area (Å²) in [7, 11) is 3.21. The second kappa shape index (κ2) is 10.1. The Morgan fingerprint density at radius 3 is 2.56 bits per heavy atom. The smallest absolute Gasteiger partial charge is 0.225 e. The van der Waals surface area contributed by atoms with E-state index < -0.39 is 0 Å². The molecule has 1 fully saturated rings. The van der Waals surface area contributed by atoms with Crippen LogP contribution in [0.5, 0.6) is 11.5 Å². The van der Waals surface area contributed by atoms with Crippen molar-refractivity contribution in [1.82, 2.24) is 15.5 Å². The minimum atomic E-state index is -0.0838. The van der Waals surface area contributed by atoms with Crippen LogP contribution in [-0.2, 0) is 11.3 Å². The van der Waals surface area contributed by atoms with Gasteiger partial charge in [-0.3, -0.25) is 4.79 Å². The van der Waals surface area contributed by atoms with Gasteiger partial charge >= 0.3 is 0 Å². The van der Waals surface area contributed by atoms with Crippen molar-refractivity contribution in [3.05, 3.63) is 66.2 Å². The Morgan fingerprint density at radius 2 is 1.84 bits per heavy atom. The van der Waals surface area contributed by atoms with Crippen LogP contribution in [0.3, 0.4) is 0 Å². The van der Waals surface area contributed by atoms with E-state index in [0.29, 0.717) is 24.6 Å². The molecule has 166 valence electrons. The summed E-state index contributed by atoms with van der Waals surface area (Å²) in [5, 5.41) is 11.9. The molecule has 1 atom stereocenters. The van der Waals surface area contributed by atoms with Crippen molar-refractivity contribution >= 4 is 11.7 Å². The van der Waals surface area contributed by atoms with Crippen molar-refractivity contribution in [3.8, 4) is 22.8 Å². The van der Waals surface area contributed by atoms with Crippen LogP contribution in [-0.4, -0.2) is 43.4 Å². The van der Waals surface area contributed by atoms with Crippen LogP contribution in [0, 0.1) is 5.92 Å². The Balaban J connectivity index is 1.36. The summed E-state index contributed by atoms with van der Waals surface area (Å²) in [6.45, 7) is 1.96. The summed E-state index contributed by atoms with van der Waals surface area (Å²) >= 11 is 0. The number of amides is 1. The van der Waals surface area contributed by atoms with Gasteiger partial charge < -0.3 is 19.7 Å².